The van der Waals surface area contributed by atoms with E-state index in [0.717, 1.165) is 4.90 Å². The van der Waals surface area contributed by atoms with Crippen LogP contribution in [0, 0.1) is 0 Å². The predicted molar refractivity (Wildman–Crippen MR) is 111 cm³/mol. The second-order valence-electron chi connectivity index (χ2n) is 6.80. The van der Waals surface area contributed by atoms with Crippen molar-refractivity contribution in [1.82, 2.24) is 5.01 Å². The molecular formula is C20H18ClN5O5. The zero-order chi connectivity index (χ0) is 22.1. The molecule has 1 saturated heterocycles. The number of nitrogens with one attached hydrogen (secondary N) is 1. The topological polar surface area (TPSA) is 113 Å². The fraction of sp³-hybridized carbons (Fsp3) is 0.250. The van der Waals surface area contributed by atoms with Crippen molar-refractivity contribution in [1.29, 1.82) is 0 Å². The number of rotatable bonds is 6. The molecule has 0 spiro atoms. The number of hydrogen-bond acceptors (Lipinski definition) is 8. The molecule has 0 unspecified atom stereocenters. The van der Waals surface area contributed by atoms with Crippen LogP contribution in [0.1, 0.15) is 0 Å². The molecule has 4 rings (SSSR count). The number of amides is 3. The normalized spacial score (nSPS) is 19.6. The number of ether oxygens (including phenoxy) is 2. The lowest BCUT2D eigenvalue weighted by Gasteiger charge is -2.20. The molecule has 2 aromatic rings. The molecule has 0 bridgehead atoms. The van der Waals surface area contributed by atoms with Crippen LogP contribution in [0.4, 0.5) is 11.4 Å². The molecule has 1 fully saturated rings. The summed E-state index contributed by atoms with van der Waals surface area (Å²) in [4.78, 5) is 39.3. The molecule has 0 aliphatic carbocycles. The molecule has 3 amide bonds. The van der Waals surface area contributed by atoms with E-state index in [1.165, 1.54) is 25.3 Å². The van der Waals surface area contributed by atoms with Gasteiger partial charge in [-0.15, -0.1) is 0 Å². The van der Waals surface area contributed by atoms with Gasteiger partial charge in [0.25, 0.3) is 11.8 Å². The Hall–Kier alpha value is -3.66. The van der Waals surface area contributed by atoms with Gasteiger partial charge < -0.3 is 14.8 Å². The summed E-state index contributed by atoms with van der Waals surface area (Å²) in [6.45, 7) is -0.244. The maximum Gasteiger partial charge on any atom is 0.263 e. The lowest BCUT2D eigenvalue weighted by Crippen LogP contribution is -2.43. The van der Waals surface area contributed by atoms with Gasteiger partial charge in [-0.3, -0.25) is 19.4 Å². The second-order valence-corrected chi connectivity index (χ2v) is 7.23. The van der Waals surface area contributed by atoms with Crippen LogP contribution in [0.2, 0.25) is 5.02 Å². The fourth-order valence-corrected chi connectivity index (χ4v) is 3.58. The van der Waals surface area contributed by atoms with Crippen molar-refractivity contribution in [2.75, 3.05) is 31.0 Å². The average molecular weight is 444 g/mol. The van der Waals surface area contributed by atoms with E-state index in [-0.39, 0.29) is 6.54 Å². The van der Waals surface area contributed by atoms with Gasteiger partial charge in [0.2, 0.25) is 5.91 Å². The Balaban J connectivity index is 1.50. The van der Waals surface area contributed by atoms with Crippen LogP contribution in [0.15, 0.2) is 52.8 Å². The number of nitrogens with zero attached hydrogens (tertiary/aromatic N) is 4. The van der Waals surface area contributed by atoms with E-state index in [4.69, 9.17) is 21.1 Å². The Morgan fingerprint density at radius 3 is 2.45 bits per heavy atom. The number of benzene rings is 2. The van der Waals surface area contributed by atoms with Gasteiger partial charge in [0.15, 0.2) is 23.6 Å². The van der Waals surface area contributed by atoms with Crippen LogP contribution in [-0.2, 0) is 14.4 Å². The Morgan fingerprint density at radius 2 is 1.77 bits per heavy atom. The van der Waals surface area contributed by atoms with Crippen LogP contribution in [0.3, 0.4) is 0 Å². The largest absolute Gasteiger partial charge is 0.493 e. The standard InChI is InChI=1S/C20H18ClN5O5/c1-30-14-8-7-13(9-15(14)31-2)26-19(28)17-18(20(26)29)25(24-23-17)10-16(27)22-12-5-3-11(21)4-6-12/h3-9,17-18H,10H2,1-2H3,(H,22,27)/t17-,18+/m0/s1. The smallest absolute Gasteiger partial charge is 0.263 e. The summed E-state index contributed by atoms with van der Waals surface area (Å²) in [7, 11) is 2.95. The van der Waals surface area contributed by atoms with E-state index in [2.05, 4.69) is 15.7 Å². The Morgan fingerprint density at radius 1 is 1.06 bits per heavy atom. The van der Waals surface area contributed by atoms with Gasteiger partial charge in [-0.1, -0.05) is 16.8 Å². The highest BCUT2D eigenvalue weighted by atomic mass is 35.5. The van der Waals surface area contributed by atoms with E-state index in [0.29, 0.717) is 27.9 Å². The van der Waals surface area contributed by atoms with Crippen molar-refractivity contribution >= 4 is 40.7 Å². The van der Waals surface area contributed by atoms with Gasteiger partial charge in [-0.2, -0.15) is 5.11 Å². The minimum absolute atomic E-state index is 0.244. The van der Waals surface area contributed by atoms with Crippen molar-refractivity contribution in [3.63, 3.8) is 0 Å². The first kappa shape index (κ1) is 20.6. The maximum absolute atomic E-state index is 13.1. The van der Waals surface area contributed by atoms with Gasteiger partial charge in [-0.05, 0) is 36.4 Å². The highest BCUT2D eigenvalue weighted by Gasteiger charge is 2.55. The molecule has 2 aliphatic rings. The molecule has 31 heavy (non-hydrogen) atoms. The molecule has 160 valence electrons. The summed E-state index contributed by atoms with van der Waals surface area (Å²) >= 11 is 5.84. The van der Waals surface area contributed by atoms with Gasteiger partial charge in [0, 0.05) is 16.8 Å². The first-order chi connectivity index (χ1) is 14.9. The fourth-order valence-electron chi connectivity index (χ4n) is 3.45. The molecule has 2 heterocycles. The number of fused-ring (bicyclic) bond motifs is 1. The molecule has 10 nitrogen and oxygen atoms in total. The third kappa shape index (κ3) is 3.77. The van der Waals surface area contributed by atoms with Gasteiger partial charge in [-0.25, -0.2) is 4.90 Å². The SMILES string of the molecule is COc1ccc(N2C(=O)[C@H]3N=NN(CC(=O)Nc4ccc(Cl)cc4)[C@H]3C2=O)cc1OC. The minimum atomic E-state index is -1.01. The number of hydrogen-bond donors (Lipinski definition) is 1. The number of carbonyl (C=O) groups is 3. The van der Waals surface area contributed by atoms with E-state index in [1.54, 1.807) is 36.4 Å². The van der Waals surface area contributed by atoms with Crippen molar-refractivity contribution in [3.05, 3.63) is 47.5 Å². The monoisotopic (exact) mass is 443 g/mol. The summed E-state index contributed by atoms with van der Waals surface area (Å²) in [5.41, 5.74) is 0.866. The molecule has 0 aromatic heterocycles. The van der Waals surface area contributed by atoms with Crippen molar-refractivity contribution in [2.45, 2.75) is 12.1 Å². The molecule has 2 aliphatic heterocycles. The summed E-state index contributed by atoms with van der Waals surface area (Å²) in [6, 6.07) is 9.29. The third-order valence-electron chi connectivity index (χ3n) is 4.92. The van der Waals surface area contributed by atoms with Crippen LogP contribution in [0.25, 0.3) is 0 Å². The van der Waals surface area contributed by atoms with Crippen molar-refractivity contribution < 1.29 is 23.9 Å². The van der Waals surface area contributed by atoms with Gasteiger partial charge >= 0.3 is 0 Å². The number of methoxy groups -OCH3 is 2. The van der Waals surface area contributed by atoms with E-state index >= 15 is 0 Å². The van der Waals surface area contributed by atoms with Crippen LogP contribution < -0.4 is 19.7 Å². The lowest BCUT2D eigenvalue weighted by molar-refractivity contribution is -0.123. The molecule has 2 aromatic carbocycles. The van der Waals surface area contributed by atoms with Crippen LogP contribution in [0.5, 0.6) is 11.5 Å². The van der Waals surface area contributed by atoms with Crippen LogP contribution >= 0.6 is 11.6 Å². The second kappa shape index (κ2) is 8.23. The molecule has 1 N–H and O–H groups in total. The number of imide groups is 1. The number of anilines is 2. The summed E-state index contributed by atoms with van der Waals surface area (Å²) in [5, 5.41) is 12.2. The van der Waals surface area contributed by atoms with Gasteiger partial charge in [0.1, 0.15) is 6.54 Å². The first-order valence-electron chi connectivity index (χ1n) is 9.25. The summed E-state index contributed by atoms with van der Waals surface area (Å²) in [5.74, 6) is -0.617. The molecule has 0 radical (unpaired) electrons. The molecular weight excluding hydrogens is 426 g/mol. The molecule has 11 heteroatoms. The minimum Gasteiger partial charge on any atom is -0.493 e. The van der Waals surface area contributed by atoms with E-state index < -0.39 is 29.8 Å². The van der Waals surface area contributed by atoms with E-state index in [9.17, 15) is 14.4 Å². The van der Waals surface area contributed by atoms with Gasteiger partial charge in [0.05, 0.1) is 19.9 Å². The summed E-state index contributed by atoms with van der Waals surface area (Å²) in [6.07, 6.45) is 0. The molecule has 0 saturated carbocycles. The zero-order valence-electron chi connectivity index (χ0n) is 16.6. The van der Waals surface area contributed by atoms with Crippen LogP contribution in [-0.4, -0.2) is 55.6 Å². The first-order valence-corrected chi connectivity index (χ1v) is 9.63. The van der Waals surface area contributed by atoms with Crippen molar-refractivity contribution in [3.8, 4) is 11.5 Å². The number of halogens is 1. The molecule has 2 atom stereocenters. The summed E-state index contributed by atoms with van der Waals surface area (Å²) < 4.78 is 10.4. The predicted octanol–water partition coefficient (Wildman–Crippen LogP) is 2.29. The highest BCUT2D eigenvalue weighted by molar-refractivity contribution is 6.30. The lowest BCUT2D eigenvalue weighted by atomic mass is 10.1. The zero-order valence-corrected chi connectivity index (χ0v) is 17.4. The van der Waals surface area contributed by atoms with E-state index in [1.807, 2.05) is 0 Å². The maximum atomic E-state index is 13.1. The Bertz CT molecular complexity index is 1070. The third-order valence-corrected chi connectivity index (χ3v) is 5.17. The average Bonchev–Trinajstić information content (AvgIpc) is 3.28. The number of carbonyl (C=O) groups excluding carboxylic acids is 3. The quantitative estimate of drug-likeness (QED) is 0.685. The Labute approximate surface area is 182 Å². The van der Waals surface area contributed by atoms with Crippen molar-refractivity contribution in [2.24, 2.45) is 10.3 Å². The highest BCUT2D eigenvalue weighted by Crippen LogP contribution is 2.36. The Kier molecular flexibility index (Phi) is 5.47.